The van der Waals surface area contributed by atoms with E-state index in [1.807, 2.05) is 0 Å². The summed E-state index contributed by atoms with van der Waals surface area (Å²) in [5.74, 6) is -18.4. The summed E-state index contributed by atoms with van der Waals surface area (Å²) in [4.78, 5) is 133. The highest BCUT2D eigenvalue weighted by atomic mass is 35.5. The molecule has 0 aliphatic carbocycles. The normalized spacial score (nSPS) is 26.0. The fourth-order valence-corrected chi connectivity index (χ4v) is 15.5. The van der Waals surface area contributed by atoms with E-state index in [4.69, 9.17) is 57.4 Å². The van der Waals surface area contributed by atoms with Gasteiger partial charge in [0, 0.05) is 53.5 Å². The summed E-state index contributed by atoms with van der Waals surface area (Å²) < 4.78 is 94.0. The van der Waals surface area contributed by atoms with Gasteiger partial charge in [0.15, 0.2) is 23.9 Å². The molecule has 674 valence electrons. The number of nitrogens with one attached hydrogen (secondary N) is 11. The van der Waals surface area contributed by atoms with Gasteiger partial charge in [-0.25, -0.2) is 9.82 Å². The minimum Gasteiger partial charge on any atom is -0.508 e. The van der Waals surface area contributed by atoms with Crippen molar-refractivity contribution in [2.75, 3.05) is 32.1 Å². The number of alkyl halides is 3. The van der Waals surface area contributed by atoms with Gasteiger partial charge in [-0.05, 0) is 152 Å². The third-order valence-electron chi connectivity index (χ3n) is 21.6. The standard InChI is InChI=1S/C83H90Cl2F4N12O25/c1-33(2)20-49(91-5)74(114)99-64-66(108)37-10-16-53(46(84)23-37)122-55-25-40-26-56(70(55)126-81-71(69(111)68(110)57(32-103)124-81)125-59-30-82(4,72(112)34(3)121-59)92-31-35-6-12-41(13-7-35)94-73(113)39-8-14-48(86)45(22-39)83(87,88)89)123-54-17-11-38(24-47(54)85)67(109)65-79(119)98-63(80(120)101-93-18-19-102)44-27-42(104)28-52(106)60(44)43-21-36(9-15-51(43)105)61(76(116)100-65)97-77(117)62(40)96-75(115)50(29-58(90)107)95-78(64)118/h6-17,21-28,33-34,49-50,57,59,61-69,71-72,81,91-93,102-106,108-112H,18-20,29-32H2,1-5H3,(H2,90,107)(H,94,113)(H,95,118)(H,96,115)(H,97,117)(H,98,119)(H,99,114)(H,100,116)(H,101,120)/t34-,49+,50-,57+,59-,61+,62+,63+,64+,65-,66+,67+,68+,69-,71+,72+,81-,82-/m0/s1. The zero-order chi connectivity index (χ0) is 91.4. The number of carbonyl (C=O) groups excluding carboxylic acids is 9. The Morgan fingerprint density at radius 1 is 0.698 bits per heavy atom. The molecule has 11 bridgehead atoms. The van der Waals surface area contributed by atoms with Crippen LogP contribution in [0.25, 0.3) is 11.1 Å². The van der Waals surface area contributed by atoms with Crippen molar-refractivity contribution in [2.24, 2.45) is 11.7 Å². The summed E-state index contributed by atoms with van der Waals surface area (Å²) >= 11 is 14.3. The van der Waals surface area contributed by atoms with Crippen LogP contribution in [0.1, 0.15) is 127 Å². The lowest BCUT2D eigenvalue weighted by molar-refractivity contribution is -0.334. The van der Waals surface area contributed by atoms with Gasteiger partial charge in [-0.3, -0.25) is 48.6 Å². The van der Waals surface area contributed by atoms with E-state index < -0.39 is 283 Å². The lowest BCUT2D eigenvalue weighted by atomic mass is 9.84. The zero-order valence-corrected chi connectivity index (χ0v) is 68.8. The van der Waals surface area contributed by atoms with E-state index in [1.165, 1.54) is 44.3 Å². The van der Waals surface area contributed by atoms with Gasteiger partial charge in [0.25, 0.3) is 11.8 Å². The maximum absolute atomic E-state index is 16.3. The quantitative estimate of drug-likeness (QED) is 0.0279. The van der Waals surface area contributed by atoms with Gasteiger partial charge in [0.1, 0.15) is 101 Å². The van der Waals surface area contributed by atoms with Crippen LogP contribution in [-0.2, 0) is 65.3 Å². The van der Waals surface area contributed by atoms with Crippen molar-refractivity contribution >= 4 is 82.1 Å². The van der Waals surface area contributed by atoms with E-state index in [2.05, 4.69) is 58.7 Å². The molecule has 0 radical (unpaired) electrons. The second kappa shape index (κ2) is 39.1. The summed E-state index contributed by atoms with van der Waals surface area (Å²) in [7, 11) is 1.45. The number of likely N-dealkylation sites (N-methyl/N-ethyl adjacent to an activating group) is 1. The fraction of sp³-hybridized carbons (Fsp3) is 0.386. The summed E-state index contributed by atoms with van der Waals surface area (Å²) in [5.41, 5.74) is 4.74. The number of benzene rings is 7. The molecule has 43 heteroatoms. The molecule has 7 aromatic carbocycles. The minimum atomic E-state index is -5.10. The number of phenols is 3. The number of rotatable bonds is 21. The number of hydrazine groups is 1. The van der Waals surface area contributed by atoms with E-state index in [9.17, 15) is 87.8 Å². The minimum absolute atomic E-state index is 0.0467. The summed E-state index contributed by atoms with van der Waals surface area (Å²) in [6, 6.07) is 6.80. The largest absolute Gasteiger partial charge is 0.508 e. The third kappa shape index (κ3) is 20.9. The van der Waals surface area contributed by atoms with Crippen LogP contribution < -0.4 is 78.6 Å². The first-order valence-electron chi connectivity index (χ1n) is 39.3. The van der Waals surface area contributed by atoms with Crippen molar-refractivity contribution in [1.82, 2.24) is 53.4 Å². The fourth-order valence-electron chi connectivity index (χ4n) is 15.0. The van der Waals surface area contributed by atoms with Crippen LogP contribution in [-0.4, -0.2) is 210 Å². The van der Waals surface area contributed by atoms with Crippen molar-refractivity contribution in [3.8, 4) is 57.1 Å². The Morgan fingerprint density at radius 2 is 1.33 bits per heavy atom. The van der Waals surface area contributed by atoms with Crippen LogP contribution >= 0.6 is 23.2 Å². The van der Waals surface area contributed by atoms with Crippen LogP contribution in [0, 0.1) is 11.7 Å². The van der Waals surface area contributed by atoms with Crippen molar-refractivity contribution in [3.63, 3.8) is 0 Å². The highest BCUT2D eigenvalue weighted by molar-refractivity contribution is 6.32. The average molecular weight is 1800 g/mol. The van der Waals surface area contributed by atoms with E-state index in [0.29, 0.717) is 17.7 Å². The number of aliphatic hydroxyl groups is 7. The summed E-state index contributed by atoms with van der Waals surface area (Å²) in [5, 5.41) is 139. The van der Waals surface area contributed by atoms with Crippen LogP contribution in [0.4, 0.5) is 23.2 Å². The van der Waals surface area contributed by atoms with Crippen molar-refractivity contribution in [3.05, 3.63) is 182 Å². The van der Waals surface area contributed by atoms with E-state index in [1.54, 1.807) is 20.8 Å². The number of aromatic hydroxyl groups is 3. The molecule has 37 nitrogen and oxygen atoms in total. The molecule has 2 fully saturated rings. The molecule has 14 rings (SSSR count). The molecule has 0 spiro atoms. The molecule has 7 aliphatic rings. The first-order valence-corrected chi connectivity index (χ1v) is 40.0. The Labute approximate surface area is 723 Å². The smallest absolute Gasteiger partial charge is 0.419 e. The molecule has 7 heterocycles. The Bertz CT molecular complexity index is 5320. The summed E-state index contributed by atoms with van der Waals surface area (Å²) in [6.45, 7) is 4.73. The van der Waals surface area contributed by atoms with E-state index >= 15 is 24.0 Å². The molecule has 0 saturated carbocycles. The molecule has 2 saturated heterocycles. The van der Waals surface area contributed by atoms with Gasteiger partial charge in [0.2, 0.25) is 53.4 Å². The Hall–Kier alpha value is -11.7. The number of ether oxygens (including phenoxy) is 6. The van der Waals surface area contributed by atoms with Crippen LogP contribution in [0.2, 0.25) is 10.0 Å². The number of fused-ring (bicyclic) bond motifs is 15. The predicted molar refractivity (Wildman–Crippen MR) is 433 cm³/mol. The van der Waals surface area contributed by atoms with E-state index in [-0.39, 0.29) is 54.2 Å². The lowest BCUT2D eigenvalue weighted by Crippen LogP contribution is -2.65. The molecule has 23 N–H and O–H groups in total. The number of aliphatic hydroxyl groups excluding tert-OH is 7. The Balaban J connectivity index is 1.01. The number of halogens is 6. The number of nitrogens with two attached hydrogens (primary N) is 1. The van der Waals surface area contributed by atoms with E-state index in [0.717, 1.165) is 78.9 Å². The second-order valence-electron chi connectivity index (χ2n) is 31.1. The van der Waals surface area contributed by atoms with Gasteiger partial charge in [-0.2, -0.15) is 13.2 Å². The van der Waals surface area contributed by atoms with Gasteiger partial charge in [-0.1, -0.05) is 67.4 Å². The maximum Gasteiger partial charge on any atom is 0.419 e. The summed E-state index contributed by atoms with van der Waals surface area (Å²) in [6.07, 6.45) is -24.9. The number of hydrogen-bond acceptors (Lipinski definition) is 28. The van der Waals surface area contributed by atoms with Crippen LogP contribution in [0.15, 0.2) is 121 Å². The molecule has 126 heavy (non-hydrogen) atoms. The highest BCUT2D eigenvalue weighted by Crippen LogP contribution is 2.50. The SMILES string of the molecule is CN[C@H](CC(C)C)C(=O)N[C@H]1C(=O)N[C@@H](CC(N)=O)C(=O)N[C@H]2C(=O)N[C@H]3C(=O)N[C@H](C(=O)N[C@@H](C(=O)NNCCO)c4cc(O)cc(O)c4-c4cc3ccc4O)[C@H](O)c3ccc(c(Cl)c3)Oc3cc2cc(c3O[C@@H]2O[C@H](CO)[C@@H](O)[C@H](O)[C@H]2O[C@H]2C[C@](C)(NCc3ccc(NC(=O)c4ccc(F)c(C(F)(F)F)c4)cc3)[C@H](O)[C@H](C)O2)Oc2ccc(cc2Cl)[C@H]1O. The van der Waals surface area contributed by atoms with Gasteiger partial charge in [-0.15, -0.1) is 0 Å². The maximum atomic E-state index is 16.3. The molecule has 7 aliphatic heterocycles. The number of primary amides is 1. The molecule has 9 amide bonds. The molecule has 0 aromatic heterocycles. The molecular formula is C83H90Cl2F4N12O25. The van der Waals surface area contributed by atoms with Crippen LogP contribution in [0.5, 0.6) is 46.0 Å². The molecular weight excluding hydrogens is 1710 g/mol. The first-order chi connectivity index (χ1) is 59.6. The van der Waals surface area contributed by atoms with Crippen LogP contribution in [0.3, 0.4) is 0 Å². The number of amides is 9. The molecule has 7 aromatic rings. The average Bonchev–Trinajstić information content (AvgIpc) is 0.769. The second-order valence-corrected chi connectivity index (χ2v) is 31.9. The lowest BCUT2D eigenvalue weighted by Gasteiger charge is -2.48. The zero-order valence-electron chi connectivity index (χ0n) is 67.3. The Morgan fingerprint density at radius 3 is 1.95 bits per heavy atom. The topological polar surface area (TPSA) is 570 Å². The van der Waals surface area contributed by atoms with Crippen molar-refractivity contribution in [2.45, 2.75) is 169 Å². The molecule has 0 unspecified atom stereocenters. The van der Waals surface area contributed by atoms with Gasteiger partial charge >= 0.3 is 6.18 Å². The number of anilines is 1. The van der Waals surface area contributed by atoms with Gasteiger partial charge < -0.3 is 133 Å². The number of phenolic OH excluding ortho intramolecular Hbond substituents is 3. The number of carbonyl (C=O) groups is 9. The number of hydrogen-bond donors (Lipinski definition) is 22. The Kier molecular flexibility index (Phi) is 29.0. The van der Waals surface area contributed by atoms with Crippen molar-refractivity contribution in [1.29, 1.82) is 0 Å². The van der Waals surface area contributed by atoms with Crippen molar-refractivity contribution < 1.29 is 140 Å². The third-order valence-corrected chi connectivity index (χ3v) is 22.2. The monoisotopic (exact) mass is 1800 g/mol. The predicted octanol–water partition coefficient (Wildman–Crippen LogP) is 2.88. The van der Waals surface area contributed by atoms with Gasteiger partial charge in [0.05, 0.1) is 53.5 Å². The first kappa shape index (κ1) is 93.5. The molecule has 18 atom stereocenters. The highest BCUT2D eigenvalue weighted by Gasteiger charge is 2.53.